The quantitative estimate of drug-likeness (QED) is 0.753. The van der Waals surface area contributed by atoms with Gasteiger partial charge in [0.2, 0.25) is 5.13 Å². The van der Waals surface area contributed by atoms with Crippen LogP contribution in [0, 0.1) is 0 Å². The van der Waals surface area contributed by atoms with E-state index < -0.39 is 0 Å². The fourth-order valence-electron chi connectivity index (χ4n) is 2.58. The van der Waals surface area contributed by atoms with Crippen molar-refractivity contribution in [2.24, 2.45) is 0 Å². The average molecular weight is 353 g/mol. The lowest BCUT2D eigenvalue weighted by Gasteiger charge is -2.11. The van der Waals surface area contributed by atoms with Gasteiger partial charge >= 0.3 is 6.03 Å². The van der Waals surface area contributed by atoms with Crippen molar-refractivity contribution in [2.45, 2.75) is 12.5 Å². The van der Waals surface area contributed by atoms with Gasteiger partial charge in [0, 0.05) is 12.6 Å². The summed E-state index contributed by atoms with van der Waals surface area (Å²) in [6, 6.07) is 13.1. The Morgan fingerprint density at radius 1 is 1.20 bits per heavy atom. The molecule has 0 unspecified atom stereocenters. The Labute approximate surface area is 148 Å². The molecule has 7 nitrogen and oxygen atoms in total. The highest BCUT2D eigenvalue weighted by Crippen LogP contribution is 2.28. The molecular weight excluding hydrogens is 338 g/mol. The molecule has 0 bridgehead atoms. The van der Waals surface area contributed by atoms with Crippen LogP contribution < -0.4 is 15.4 Å². The molecule has 1 aromatic carbocycles. The number of carbonyl (C=O) groups is 1. The molecule has 3 heterocycles. The van der Waals surface area contributed by atoms with Crippen LogP contribution in [0.15, 0.2) is 48.7 Å². The van der Waals surface area contributed by atoms with Crippen molar-refractivity contribution in [3.8, 4) is 16.5 Å². The Morgan fingerprint density at radius 3 is 2.92 bits per heavy atom. The average Bonchev–Trinajstić information content (AvgIpc) is 3.27. The lowest BCUT2D eigenvalue weighted by molar-refractivity contribution is 0.219. The van der Waals surface area contributed by atoms with Gasteiger partial charge in [-0.15, -0.1) is 10.2 Å². The monoisotopic (exact) mass is 353 g/mol. The predicted molar refractivity (Wildman–Crippen MR) is 94.7 cm³/mol. The van der Waals surface area contributed by atoms with E-state index in [4.69, 9.17) is 4.74 Å². The number of rotatable bonds is 4. The molecule has 25 heavy (non-hydrogen) atoms. The third-order valence-corrected chi connectivity index (χ3v) is 4.59. The van der Waals surface area contributed by atoms with E-state index in [1.165, 1.54) is 16.9 Å². The summed E-state index contributed by atoms with van der Waals surface area (Å²) < 4.78 is 5.79. The molecule has 2 aromatic heterocycles. The predicted octanol–water partition coefficient (Wildman–Crippen LogP) is 2.73. The zero-order valence-electron chi connectivity index (χ0n) is 13.2. The second-order valence-corrected chi connectivity index (χ2v) is 6.49. The van der Waals surface area contributed by atoms with E-state index in [1.807, 2.05) is 42.5 Å². The highest BCUT2D eigenvalue weighted by Gasteiger charge is 2.22. The number of urea groups is 1. The zero-order valence-corrected chi connectivity index (χ0v) is 14.0. The van der Waals surface area contributed by atoms with E-state index in [1.54, 1.807) is 6.20 Å². The lowest BCUT2D eigenvalue weighted by atomic mass is 10.1. The zero-order chi connectivity index (χ0) is 17.1. The summed E-state index contributed by atoms with van der Waals surface area (Å²) in [6.45, 7) is 0.423. The number of anilines is 1. The second kappa shape index (κ2) is 6.86. The molecule has 0 spiro atoms. The molecule has 0 aliphatic carbocycles. The number of hydrogen-bond acceptors (Lipinski definition) is 6. The van der Waals surface area contributed by atoms with Gasteiger partial charge in [0.15, 0.2) is 5.01 Å². The first kappa shape index (κ1) is 15.5. The molecule has 4 rings (SSSR count). The smallest absolute Gasteiger partial charge is 0.321 e. The molecule has 0 saturated carbocycles. The summed E-state index contributed by atoms with van der Waals surface area (Å²) in [6.07, 6.45) is 2.43. The van der Waals surface area contributed by atoms with Crippen LogP contribution in [0.3, 0.4) is 0 Å². The summed E-state index contributed by atoms with van der Waals surface area (Å²) in [5.41, 5.74) is 1.89. The van der Waals surface area contributed by atoms with Crippen LogP contribution in [0.25, 0.3) is 10.7 Å². The highest BCUT2D eigenvalue weighted by atomic mass is 32.1. The first-order valence-corrected chi connectivity index (χ1v) is 8.64. The first-order chi connectivity index (χ1) is 12.3. The van der Waals surface area contributed by atoms with Gasteiger partial charge < -0.3 is 10.1 Å². The summed E-state index contributed by atoms with van der Waals surface area (Å²) in [5.74, 6) is 0.888. The molecule has 2 amide bonds. The van der Waals surface area contributed by atoms with E-state index in [2.05, 4.69) is 25.8 Å². The van der Waals surface area contributed by atoms with Gasteiger partial charge in [-0.1, -0.05) is 35.6 Å². The normalized spacial score (nSPS) is 15.3. The standard InChI is InChI=1S/C17H15N5O2S/c23-16(19-10-12-9-11-5-1-2-7-14(11)24-12)20-17-22-21-15(25-17)13-6-3-4-8-18-13/h1-8,12H,9-10H2,(H2,19,20,22,23)/t12-/m1/s1. The maximum Gasteiger partial charge on any atom is 0.321 e. The van der Waals surface area contributed by atoms with Gasteiger partial charge in [-0.2, -0.15) is 0 Å². The van der Waals surface area contributed by atoms with Crippen LogP contribution in [0.4, 0.5) is 9.93 Å². The molecule has 0 radical (unpaired) electrons. The molecule has 126 valence electrons. The minimum absolute atomic E-state index is 0.0540. The lowest BCUT2D eigenvalue weighted by Crippen LogP contribution is -2.37. The van der Waals surface area contributed by atoms with Crippen molar-refractivity contribution < 1.29 is 9.53 Å². The number of fused-ring (bicyclic) bond motifs is 1. The molecular formula is C17H15N5O2S. The minimum atomic E-state index is -0.330. The molecule has 0 saturated heterocycles. The number of amides is 2. The fraction of sp³-hybridized carbons (Fsp3) is 0.176. The number of hydrogen-bond donors (Lipinski definition) is 2. The summed E-state index contributed by atoms with van der Waals surface area (Å²) in [5, 5.41) is 14.6. The maximum absolute atomic E-state index is 12.0. The Bertz CT molecular complexity index is 859. The number of ether oxygens (including phenoxy) is 1. The molecule has 3 aromatic rings. The van der Waals surface area contributed by atoms with Gasteiger partial charge in [-0.25, -0.2) is 4.79 Å². The number of pyridine rings is 1. The second-order valence-electron chi connectivity index (χ2n) is 5.51. The van der Waals surface area contributed by atoms with Crippen molar-refractivity contribution in [3.05, 3.63) is 54.2 Å². The SMILES string of the molecule is O=C(NC[C@H]1Cc2ccccc2O1)Nc1nnc(-c2ccccn2)s1. The number of nitrogens with one attached hydrogen (secondary N) is 2. The Hall–Kier alpha value is -3.00. The van der Waals surface area contributed by atoms with Crippen LogP contribution in [-0.2, 0) is 6.42 Å². The van der Waals surface area contributed by atoms with Gasteiger partial charge in [0.25, 0.3) is 0 Å². The van der Waals surface area contributed by atoms with Gasteiger partial charge in [0.05, 0.1) is 6.54 Å². The summed E-state index contributed by atoms with van der Waals surface area (Å²) >= 11 is 1.27. The largest absolute Gasteiger partial charge is 0.488 e. The highest BCUT2D eigenvalue weighted by molar-refractivity contribution is 7.18. The summed E-state index contributed by atoms with van der Waals surface area (Å²) in [4.78, 5) is 16.2. The van der Waals surface area contributed by atoms with E-state index in [9.17, 15) is 4.79 Å². The molecule has 1 aliphatic rings. The van der Waals surface area contributed by atoms with Crippen LogP contribution in [-0.4, -0.2) is 33.9 Å². The van der Waals surface area contributed by atoms with Crippen molar-refractivity contribution >= 4 is 22.5 Å². The molecule has 1 atom stereocenters. The van der Waals surface area contributed by atoms with Crippen molar-refractivity contribution in [2.75, 3.05) is 11.9 Å². The minimum Gasteiger partial charge on any atom is -0.488 e. The third-order valence-electron chi connectivity index (χ3n) is 3.73. The number of nitrogens with zero attached hydrogens (tertiary/aromatic N) is 3. The van der Waals surface area contributed by atoms with Gasteiger partial charge in [0.1, 0.15) is 17.5 Å². The van der Waals surface area contributed by atoms with Crippen LogP contribution in [0.1, 0.15) is 5.56 Å². The van der Waals surface area contributed by atoms with Gasteiger partial charge in [-0.3, -0.25) is 10.3 Å². The fourth-order valence-corrected chi connectivity index (χ4v) is 3.30. The Kier molecular flexibility index (Phi) is 4.26. The first-order valence-electron chi connectivity index (χ1n) is 7.82. The third kappa shape index (κ3) is 3.58. The van der Waals surface area contributed by atoms with Crippen molar-refractivity contribution in [3.63, 3.8) is 0 Å². The van der Waals surface area contributed by atoms with E-state index in [-0.39, 0.29) is 12.1 Å². The summed E-state index contributed by atoms with van der Waals surface area (Å²) in [7, 11) is 0. The van der Waals surface area contributed by atoms with Crippen LogP contribution in [0.5, 0.6) is 5.75 Å². The number of carbonyl (C=O) groups excluding carboxylic acids is 1. The van der Waals surface area contributed by atoms with Crippen LogP contribution >= 0.6 is 11.3 Å². The molecule has 1 aliphatic heterocycles. The Morgan fingerprint density at radius 2 is 2.08 bits per heavy atom. The topological polar surface area (TPSA) is 89.0 Å². The van der Waals surface area contributed by atoms with Crippen molar-refractivity contribution in [1.82, 2.24) is 20.5 Å². The number of aromatic nitrogens is 3. The van der Waals surface area contributed by atoms with E-state index in [0.717, 1.165) is 17.9 Å². The Balaban J connectivity index is 1.29. The molecule has 0 fully saturated rings. The van der Waals surface area contributed by atoms with E-state index >= 15 is 0 Å². The van der Waals surface area contributed by atoms with Gasteiger partial charge in [-0.05, 0) is 23.8 Å². The number of benzene rings is 1. The molecule has 8 heteroatoms. The van der Waals surface area contributed by atoms with Crippen molar-refractivity contribution in [1.29, 1.82) is 0 Å². The number of para-hydroxylation sites is 1. The van der Waals surface area contributed by atoms with E-state index in [0.29, 0.717) is 16.7 Å². The van der Waals surface area contributed by atoms with Crippen LogP contribution in [0.2, 0.25) is 0 Å². The molecule has 2 N–H and O–H groups in total. The maximum atomic E-state index is 12.0.